The molecule has 0 unspecified atom stereocenters. The standard InChI is InChI=1S/C20H23NO4/c1-14(2)13-17(18(22)20(24)25)21(16-11-7-4-8-12-16)19(23)15-9-5-3-6-10-15/h3-12,14,17-18,22H,13H2,1-2H3,(H,24,25)/t17-,18-/m0/s1. The number of hydrogen-bond donors (Lipinski definition) is 2. The molecule has 132 valence electrons. The zero-order valence-electron chi connectivity index (χ0n) is 14.4. The second-order valence-corrected chi connectivity index (χ2v) is 6.36. The van der Waals surface area contributed by atoms with Crippen LogP contribution in [0.2, 0.25) is 0 Å². The summed E-state index contributed by atoms with van der Waals surface area (Å²) in [5.41, 5.74) is 1.00. The highest BCUT2D eigenvalue weighted by Crippen LogP contribution is 2.25. The highest BCUT2D eigenvalue weighted by Gasteiger charge is 2.35. The van der Waals surface area contributed by atoms with E-state index >= 15 is 0 Å². The predicted octanol–water partition coefficient (Wildman–Crippen LogP) is 3.19. The Hall–Kier alpha value is -2.66. The van der Waals surface area contributed by atoms with Gasteiger partial charge in [-0.15, -0.1) is 0 Å². The average Bonchev–Trinajstić information content (AvgIpc) is 2.61. The number of nitrogens with zero attached hydrogens (tertiary/aromatic N) is 1. The molecule has 2 atom stereocenters. The van der Waals surface area contributed by atoms with Crippen LogP contribution in [0.5, 0.6) is 0 Å². The molecule has 0 aliphatic heterocycles. The van der Waals surface area contributed by atoms with Gasteiger partial charge in [0.2, 0.25) is 0 Å². The summed E-state index contributed by atoms with van der Waals surface area (Å²) in [6, 6.07) is 16.7. The van der Waals surface area contributed by atoms with Gasteiger partial charge in [-0.25, -0.2) is 4.79 Å². The molecule has 0 aliphatic carbocycles. The minimum atomic E-state index is -1.67. The van der Waals surface area contributed by atoms with E-state index in [1.165, 1.54) is 4.90 Å². The second-order valence-electron chi connectivity index (χ2n) is 6.36. The van der Waals surface area contributed by atoms with Crippen molar-refractivity contribution in [2.24, 2.45) is 5.92 Å². The van der Waals surface area contributed by atoms with Gasteiger partial charge in [0.25, 0.3) is 5.91 Å². The Balaban J connectivity index is 2.52. The highest BCUT2D eigenvalue weighted by atomic mass is 16.4. The molecule has 2 aromatic rings. The number of anilines is 1. The molecule has 0 fully saturated rings. The zero-order chi connectivity index (χ0) is 18.4. The van der Waals surface area contributed by atoms with E-state index in [4.69, 9.17) is 0 Å². The van der Waals surface area contributed by atoms with Gasteiger partial charge in [-0.1, -0.05) is 50.2 Å². The predicted molar refractivity (Wildman–Crippen MR) is 96.6 cm³/mol. The van der Waals surface area contributed by atoms with Gasteiger partial charge >= 0.3 is 5.97 Å². The fraction of sp³-hybridized carbons (Fsp3) is 0.300. The van der Waals surface area contributed by atoms with E-state index in [1.807, 2.05) is 19.9 Å². The van der Waals surface area contributed by atoms with E-state index in [-0.39, 0.29) is 11.8 Å². The third kappa shape index (κ3) is 4.67. The summed E-state index contributed by atoms with van der Waals surface area (Å²) in [4.78, 5) is 25.9. The lowest BCUT2D eigenvalue weighted by molar-refractivity contribution is -0.147. The molecule has 5 nitrogen and oxygen atoms in total. The number of aliphatic carboxylic acids is 1. The number of rotatable bonds is 7. The summed E-state index contributed by atoms with van der Waals surface area (Å²) in [5, 5.41) is 19.6. The van der Waals surface area contributed by atoms with Crippen LogP contribution in [0.25, 0.3) is 0 Å². The molecule has 0 heterocycles. The van der Waals surface area contributed by atoms with Gasteiger partial charge in [-0.05, 0) is 36.6 Å². The van der Waals surface area contributed by atoms with Crippen molar-refractivity contribution in [2.75, 3.05) is 4.90 Å². The molecule has 0 spiro atoms. The molecule has 0 radical (unpaired) electrons. The van der Waals surface area contributed by atoms with Gasteiger partial charge in [0.05, 0.1) is 6.04 Å². The summed E-state index contributed by atoms with van der Waals surface area (Å²) in [5.74, 6) is -1.57. The number of hydrogen-bond acceptors (Lipinski definition) is 3. The third-order valence-corrected chi connectivity index (χ3v) is 3.94. The van der Waals surface area contributed by atoms with Gasteiger partial charge in [0.15, 0.2) is 6.10 Å². The fourth-order valence-electron chi connectivity index (χ4n) is 2.79. The van der Waals surface area contributed by atoms with Crippen molar-refractivity contribution in [2.45, 2.75) is 32.4 Å². The van der Waals surface area contributed by atoms with Gasteiger partial charge in [0.1, 0.15) is 0 Å². The normalized spacial score (nSPS) is 13.3. The van der Waals surface area contributed by atoms with Crippen molar-refractivity contribution >= 4 is 17.6 Å². The molecule has 5 heteroatoms. The number of benzene rings is 2. The van der Waals surface area contributed by atoms with Crippen molar-refractivity contribution in [1.82, 2.24) is 0 Å². The highest BCUT2D eigenvalue weighted by molar-refractivity contribution is 6.07. The summed E-state index contributed by atoms with van der Waals surface area (Å²) in [7, 11) is 0. The maximum atomic E-state index is 13.1. The molecule has 1 amide bonds. The zero-order valence-corrected chi connectivity index (χ0v) is 14.4. The lowest BCUT2D eigenvalue weighted by Crippen LogP contribution is -2.51. The van der Waals surface area contributed by atoms with Crippen LogP contribution in [0.15, 0.2) is 60.7 Å². The summed E-state index contributed by atoms with van der Waals surface area (Å²) in [6.07, 6.45) is -1.31. The van der Waals surface area contributed by atoms with Crippen LogP contribution in [-0.4, -0.2) is 34.2 Å². The number of para-hydroxylation sites is 1. The minimum absolute atomic E-state index is 0.105. The van der Waals surface area contributed by atoms with Gasteiger partial charge in [0, 0.05) is 11.3 Å². The van der Waals surface area contributed by atoms with E-state index in [0.29, 0.717) is 17.7 Å². The molecule has 0 aromatic heterocycles. The maximum Gasteiger partial charge on any atom is 0.334 e. The third-order valence-electron chi connectivity index (χ3n) is 3.94. The monoisotopic (exact) mass is 341 g/mol. The van der Waals surface area contributed by atoms with Crippen LogP contribution >= 0.6 is 0 Å². The average molecular weight is 341 g/mol. The van der Waals surface area contributed by atoms with Gasteiger partial charge in [-0.2, -0.15) is 0 Å². The Morgan fingerprint density at radius 2 is 1.48 bits per heavy atom. The summed E-state index contributed by atoms with van der Waals surface area (Å²) < 4.78 is 0. The molecule has 0 saturated heterocycles. The second kappa shape index (κ2) is 8.44. The topological polar surface area (TPSA) is 77.8 Å². The number of aliphatic hydroxyl groups is 1. The number of carbonyl (C=O) groups is 2. The molecule has 2 N–H and O–H groups in total. The van der Waals surface area contributed by atoms with Crippen LogP contribution in [0.1, 0.15) is 30.6 Å². The molecular formula is C20H23NO4. The SMILES string of the molecule is CC(C)C[C@@H]([C@H](O)C(=O)O)N(C(=O)c1ccccc1)c1ccccc1. The quantitative estimate of drug-likeness (QED) is 0.811. The van der Waals surface area contributed by atoms with Crippen LogP contribution in [0.4, 0.5) is 5.69 Å². The Morgan fingerprint density at radius 1 is 0.960 bits per heavy atom. The Morgan fingerprint density at radius 3 is 1.96 bits per heavy atom. The number of carboxylic acid groups (broad SMARTS) is 1. The summed E-state index contributed by atoms with van der Waals surface area (Å²) >= 11 is 0. The first-order chi connectivity index (χ1) is 11.9. The number of aliphatic hydroxyl groups excluding tert-OH is 1. The van der Waals surface area contributed by atoms with Crippen molar-refractivity contribution in [3.8, 4) is 0 Å². The molecule has 0 bridgehead atoms. The molecule has 2 rings (SSSR count). The van der Waals surface area contributed by atoms with E-state index in [2.05, 4.69) is 0 Å². The van der Waals surface area contributed by atoms with E-state index in [9.17, 15) is 19.8 Å². The van der Waals surface area contributed by atoms with Crippen LogP contribution in [-0.2, 0) is 4.79 Å². The number of carbonyl (C=O) groups excluding carboxylic acids is 1. The van der Waals surface area contributed by atoms with Crippen LogP contribution in [0, 0.1) is 5.92 Å². The number of amides is 1. The smallest absolute Gasteiger partial charge is 0.334 e. The van der Waals surface area contributed by atoms with Crippen LogP contribution in [0.3, 0.4) is 0 Å². The first kappa shape index (κ1) is 18.7. The molecule has 2 aromatic carbocycles. The van der Waals surface area contributed by atoms with Crippen molar-refractivity contribution in [1.29, 1.82) is 0 Å². The van der Waals surface area contributed by atoms with E-state index < -0.39 is 18.1 Å². The Bertz CT molecular complexity index is 700. The lowest BCUT2D eigenvalue weighted by atomic mass is 9.96. The first-order valence-electron chi connectivity index (χ1n) is 8.26. The number of carboxylic acids is 1. The van der Waals surface area contributed by atoms with E-state index in [1.54, 1.807) is 54.6 Å². The van der Waals surface area contributed by atoms with Crippen molar-refractivity contribution in [3.05, 3.63) is 66.2 Å². The maximum absolute atomic E-state index is 13.1. The summed E-state index contributed by atoms with van der Waals surface area (Å²) in [6.45, 7) is 3.86. The van der Waals surface area contributed by atoms with Crippen LogP contribution < -0.4 is 4.90 Å². The fourth-order valence-corrected chi connectivity index (χ4v) is 2.79. The van der Waals surface area contributed by atoms with Crippen molar-refractivity contribution < 1.29 is 19.8 Å². The van der Waals surface area contributed by atoms with E-state index in [0.717, 1.165) is 0 Å². The van der Waals surface area contributed by atoms with Gasteiger partial charge < -0.3 is 15.1 Å². The molecular weight excluding hydrogens is 318 g/mol. The molecule has 0 saturated carbocycles. The van der Waals surface area contributed by atoms with Gasteiger partial charge in [-0.3, -0.25) is 4.79 Å². The lowest BCUT2D eigenvalue weighted by Gasteiger charge is -2.34. The van der Waals surface area contributed by atoms with Crippen molar-refractivity contribution in [3.63, 3.8) is 0 Å². The largest absolute Gasteiger partial charge is 0.479 e. The molecule has 25 heavy (non-hydrogen) atoms. The molecule has 0 aliphatic rings. The minimum Gasteiger partial charge on any atom is -0.479 e. The first-order valence-corrected chi connectivity index (χ1v) is 8.26. The Labute approximate surface area is 147 Å². The Kier molecular flexibility index (Phi) is 6.31.